The van der Waals surface area contributed by atoms with E-state index in [0.717, 1.165) is 58.1 Å². The first-order valence-electron chi connectivity index (χ1n) is 6.97. The summed E-state index contributed by atoms with van der Waals surface area (Å²) in [6.07, 6.45) is 5.71. The third-order valence-electron chi connectivity index (χ3n) is 3.99. The van der Waals surface area contributed by atoms with Crippen LogP contribution in [0.4, 0.5) is 11.6 Å². The van der Waals surface area contributed by atoms with Crippen LogP contribution in [0.15, 0.2) is 12.4 Å². The van der Waals surface area contributed by atoms with E-state index in [2.05, 4.69) is 19.8 Å². The molecule has 19 heavy (non-hydrogen) atoms. The van der Waals surface area contributed by atoms with Crippen LogP contribution in [0.25, 0.3) is 0 Å². The van der Waals surface area contributed by atoms with Gasteiger partial charge in [-0.15, -0.1) is 0 Å². The molecule has 3 rings (SSSR count). The van der Waals surface area contributed by atoms with Gasteiger partial charge in [-0.2, -0.15) is 0 Å². The highest BCUT2D eigenvalue weighted by atomic mass is 16.5. The molecule has 2 N–H and O–H groups in total. The summed E-state index contributed by atoms with van der Waals surface area (Å²) in [4.78, 5) is 13.3. The second-order valence-corrected chi connectivity index (χ2v) is 5.17. The second-order valence-electron chi connectivity index (χ2n) is 5.17. The van der Waals surface area contributed by atoms with E-state index in [-0.39, 0.29) is 0 Å². The van der Waals surface area contributed by atoms with Gasteiger partial charge >= 0.3 is 0 Å². The Morgan fingerprint density at radius 3 is 2.53 bits per heavy atom. The molecule has 0 atom stereocenters. The summed E-state index contributed by atoms with van der Waals surface area (Å²) in [7, 11) is 0. The van der Waals surface area contributed by atoms with Crippen LogP contribution in [-0.4, -0.2) is 60.3 Å². The van der Waals surface area contributed by atoms with Crippen molar-refractivity contribution >= 4 is 11.6 Å². The highest BCUT2D eigenvalue weighted by Gasteiger charge is 2.25. The third-order valence-corrected chi connectivity index (χ3v) is 3.99. The van der Waals surface area contributed by atoms with Gasteiger partial charge in [-0.25, -0.2) is 4.98 Å². The van der Waals surface area contributed by atoms with Crippen LogP contribution in [0.5, 0.6) is 0 Å². The van der Waals surface area contributed by atoms with Crippen LogP contribution < -0.4 is 10.6 Å². The van der Waals surface area contributed by atoms with Crippen molar-refractivity contribution in [3.05, 3.63) is 12.4 Å². The Kier molecular flexibility index (Phi) is 3.79. The van der Waals surface area contributed by atoms with E-state index in [0.29, 0.717) is 11.9 Å². The number of anilines is 2. The number of nitrogens with two attached hydrogens (primary N) is 1. The molecular weight excluding hydrogens is 242 g/mol. The maximum atomic E-state index is 5.68. The lowest BCUT2D eigenvalue weighted by atomic mass is 10.1. The highest BCUT2D eigenvalue weighted by molar-refractivity contribution is 5.41. The van der Waals surface area contributed by atoms with Gasteiger partial charge in [-0.1, -0.05) is 0 Å². The molecule has 3 heterocycles. The van der Waals surface area contributed by atoms with Crippen LogP contribution in [0.2, 0.25) is 0 Å². The summed E-state index contributed by atoms with van der Waals surface area (Å²) in [6.45, 7) is 5.98. The molecule has 0 bridgehead atoms. The zero-order valence-corrected chi connectivity index (χ0v) is 11.2. The molecule has 2 aliphatic rings. The average molecular weight is 263 g/mol. The van der Waals surface area contributed by atoms with E-state index in [9.17, 15) is 0 Å². The minimum absolute atomic E-state index is 0.490. The molecule has 0 radical (unpaired) electrons. The Morgan fingerprint density at radius 2 is 1.84 bits per heavy atom. The lowest BCUT2D eigenvalue weighted by Gasteiger charge is -2.40. The standard InChI is InChI=1S/C13H21N5O/c14-12-9-15-10-13(16-12)18-5-3-17(4-6-18)11-1-7-19-8-2-11/h9-11H,1-8H2,(H2,14,16). The Hall–Kier alpha value is -1.40. The molecule has 0 amide bonds. The third kappa shape index (κ3) is 2.96. The summed E-state index contributed by atoms with van der Waals surface area (Å²) >= 11 is 0. The maximum Gasteiger partial charge on any atom is 0.149 e. The van der Waals surface area contributed by atoms with Crippen molar-refractivity contribution < 1.29 is 4.74 Å². The Labute approximate surface area is 113 Å². The van der Waals surface area contributed by atoms with Crippen LogP contribution in [0, 0.1) is 0 Å². The van der Waals surface area contributed by atoms with E-state index >= 15 is 0 Å². The van der Waals surface area contributed by atoms with Gasteiger partial charge in [0.05, 0.1) is 12.4 Å². The highest BCUT2D eigenvalue weighted by Crippen LogP contribution is 2.19. The number of nitrogen functional groups attached to an aromatic ring is 1. The zero-order valence-electron chi connectivity index (χ0n) is 11.2. The fourth-order valence-corrected chi connectivity index (χ4v) is 2.89. The molecule has 0 aliphatic carbocycles. The SMILES string of the molecule is Nc1cncc(N2CCN(C3CCOCC3)CC2)n1. The number of nitrogens with zero attached hydrogens (tertiary/aromatic N) is 4. The summed E-state index contributed by atoms with van der Waals surface area (Å²) in [5.74, 6) is 1.39. The van der Waals surface area contributed by atoms with E-state index in [1.165, 1.54) is 0 Å². The summed E-state index contributed by atoms with van der Waals surface area (Å²) in [6, 6.07) is 0.697. The van der Waals surface area contributed by atoms with Gasteiger partial charge in [-0.3, -0.25) is 9.88 Å². The predicted molar refractivity (Wildman–Crippen MR) is 74.1 cm³/mol. The molecule has 0 aromatic carbocycles. The molecule has 2 saturated heterocycles. The van der Waals surface area contributed by atoms with Crippen LogP contribution in [0.1, 0.15) is 12.8 Å². The summed E-state index contributed by atoms with van der Waals surface area (Å²) < 4.78 is 5.42. The topological polar surface area (TPSA) is 67.5 Å². The van der Waals surface area contributed by atoms with Gasteiger partial charge in [0.2, 0.25) is 0 Å². The van der Waals surface area contributed by atoms with Gasteiger partial charge in [0.25, 0.3) is 0 Å². The van der Waals surface area contributed by atoms with Gasteiger partial charge in [0.15, 0.2) is 0 Å². The average Bonchev–Trinajstić information content (AvgIpc) is 2.48. The molecule has 2 fully saturated rings. The first-order chi connectivity index (χ1) is 9.33. The van der Waals surface area contributed by atoms with Crippen LogP contribution in [-0.2, 0) is 4.74 Å². The van der Waals surface area contributed by atoms with Gasteiger partial charge < -0.3 is 15.4 Å². The number of ether oxygens (including phenoxy) is 1. The number of aromatic nitrogens is 2. The molecule has 0 unspecified atom stereocenters. The van der Waals surface area contributed by atoms with E-state index in [1.54, 1.807) is 12.4 Å². The van der Waals surface area contributed by atoms with Crippen molar-refractivity contribution in [2.24, 2.45) is 0 Å². The van der Waals surface area contributed by atoms with E-state index < -0.39 is 0 Å². The fraction of sp³-hybridized carbons (Fsp3) is 0.692. The minimum atomic E-state index is 0.490. The predicted octanol–water partition coefficient (Wildman–Crippen LogP) is 0.360. The molecular formula is C13H21N5O. The summed E-state index contributed by atoms with van der Waals surface area (Å²) in [5.41, 5.74) is 5.68. The molecule has 1 aromatic rings. The second kappa shape index (κ2) is 5.71. The summed E-state index contributed by atoms with van der Waals surface area (Å²) in [5, 5.41) is 0. The Balaban J connectivity index is 1.57. The lowest BCUT2D eigenvalue weighted by Crippen LogP contribution is -2.51. The number of piperazine rings is 1. The smallest absolute Gasteiger partial charge is 0.149 e. The lowest BCUT2D eigenvalue weighted by molar-refractivity contribution is 0.0321. The largest absolute Gasteiger partial charge is 0.382 e. The number of rotatable bonds is 2. The normalized spacial score (nSPS) is 22.6. The van der Waals surface area contributed by atoms with Gasteiger partial charge in [-0.05, 0) is 12.8 Å². The zero-order chi connectivity index (χ0) is 13.1. The monoisotopic (exact) mass is 263 g/mol. The van der Waals surface area contributed by atoms with E-state index in [1.807, 2.05) is 0 Å². The quantitative estimate of drug-likeness (QED) is 0.831. The van der Waals surface area contributed by atoms with Crippen molar-refractivity contribution in [2.75, 3.05) is 50.0 Å². The molecule has 2 aliphatic heterocycles. The molecule has 6 nitrogen and oxygen atoms in total. The Morgan fingerprint density at radius 1 is 1.11 bits per heavy atom. The van der Waals surface area contributed by atoms with Crippen molar-refractivity contribution in [3.63, 3.8) is 0 Å². The Bertz CT molecular complexity index is 413. The molecule has 6 heteroatoms. The fourth-order valence-electron chi connectivity index (χ4n) is 2.89. The maximum absolute atomic E-state index is 5.68. The van der Waals surface area contributed by atoms with Crippen molar-refractivity contribution in [3.8, 4) is 0 Å². The first kappa shape index (κ1) is 12.6. The molecule has 104 valence electrons. The molecule has 1 aromatic heterocycles. The van der Waals surface area contributed by atoms with Crippen molar-refractivity contribution in [1.29, 1.82) is 0 Å². The van der Waals surface area contributed by atoms with Gasteiger partial charge in [0, 0.05) is 45.4 Å². The van der Waals surface area contributed by atoms with E-state index in [4.69, 9.17) is 10.5 Å². The number of hydrogen-bond acceptors (Lipinski definition) is 6. The van der Waals surface area contributed by atoms with Gasteiger partial charge in [0.1, 0.15) is 11.6 Å². The van der Waals surface area contributed by atoms with Crippen LogP contribution in [0.3, 0.4) is 0 Å². The van der Waals surface area contributed by atoms with Crippen LogP contribution >= 0.6 is 0 Å². The first-order valence-corrected chi connectivity index (χ1v) is 6.97. The van der Waals surface area contributed by atoms with Crippen molar-refractivity contribution in [2.45, 2.75) is 18.9 Å². The molecule has 0 saturated carbocycles. The number of hydrogen-bond donors (Lipinski definition) is 1. The molecule has 0 spiro atoms. The minimum Gasteiger partial charge on any atom is -0.382 e. The van der Waals surface area contributed by atoms with Crippen molar-refractivity contribution in [1.82, 2.24) is 14.9 Å².